The Kier molecular flexibility index (Phi) is 7.40. The van der Waals surface area contributed by atoms with Crippen LogP contribution in [0.2, 0.25) is 0 Å². The molecule has 1 saturated heterocycles. The second-order valence-electron chi connectivity index (χ2n) is 7.06. The third-order valence-corrected chi connectivity index (χ3v) is 6.92. The minimum absolute atomic E-state index is 0.0106. The quantitative estimate of drug-likeness (QED) is 0.314. The summed E-state index contributed by atoms with van der Waals surface area (Å²) in [7, 11) is 0. The number of piperazine rings is 1. The van der Waals surface area contributed by atoms with Crippen LogP contribution in [-0.4, -0.2) is 63.5 Å². The normalized spacial score (nSPS) is 20.9. The van der Waals surface area contributed by atoms with Crippen LogP contribution in [0.3, 0.4) is 0 Å². The zero-order valence-corrected chi connectivity index (χ0v) is 18.8. The summed E-state index contributed by atoms with van der Waals surface area (Å²) in [4.78, 5) is 26.8. The van der Waals surface area contributed by atoms with Crippen LogP contribution in [0.25, 0.3) is 0 Å². The Hall–Kier alpha value is -1.47. The molecule has 148 valence electrons. The van der Waals surface area contributed by atoms with Crippen LogP contribution in [0, 0.1) is 0 Å². The molecule has 0 aliphatic carbocycles. The molecule has 1 aromatic heterocycles. The van der Waals surface area contributed by atoms with Crippen LogP contribution < -0.4 is 0 Å². The van der Waals surface area contributed by atoms with Gasteiger partial charge in [0.15, 0.2) is 0 Å². The number of amides is 1. The molecule has 2 rings (SSSR count). The molecule has 0 bridgehead atoms. The first-order valence-corrected chi connectivity index (χ1v) is 11.5. The molecular weight excluding hydrogens is 376 g/mol. The number of hydrogen-bond donors (Lipinski definition) is 0. The van der Waals surface area contributed by atoms with Gasteiger partial charge in [0.05, 0.1) is 12.2 Å². The molecule has 1 amide bonds. The minimum atomic E-state index is -0.232. The van der Waals surface area contributed by atoms with Crippen LogP contribution in [0.5, 0.6) is 0 Å². The highest BCUT2D eigenvalue weighted by Crippen LogP contribution is 2.36. The fourth-order valence-electron chi connectivity index (χ4n) is 3.35. The summed E-state index contributed by atoms with van der Waals surface area (Å²) in [5, 5.41) is 0. The van der Waals surface area contributed by atoms with Crippen molar-refractivity contribution in [3.05, 3.63) is 30.6 Å². The van der Waals surface area contributed by atoms with Crippen molar-refractivity contribution in [1.82, 2.24) is 14.8 Å². The van der Waals surface area contributed by atoms with Crippen molar-refractivity contribution < 1.29 is 4.79 Å². The summed E-state index contributed by atoms with van der Waals surface area (Å²) in [6, 6.07) is 2.02. The van der Waals surface area contributed by atoms with Gasteiger partial charge in [0.2, 0.25) is 5.91 Å². The van der Waals surface area contributed by atoms with Gasteiger partial charge in [0, 0.05) is 24.2 Å². The van der Waals surface area contributed by atoms with E-state index in [0.717, 1.165) is 28.7 Å². The summed E-state index contributed by atoms with van der Waals surface area (Å²) in [5.41, 5.74) is 1.98. The van der Waals surface area contributed by atoms with Crippen LogP contribution in [-0.2, 0) is 4.79 Å². The van der Waals surface area contributed by atoms with E-state index in [2.05, 4.69) is 56.7 Å². The zero-order valence-electron chi connectivity index (χ0n) is 17.2. The molecule has 1 atom stereocenters. The summed E-state index contributed by atoms with van der Waals surface area (Å²) in [6.45, 7) is 14.2. The molecule has 2 heterocycles. The van der Waals surface area contributed by atoms with Crippen molar-refractivity contribution in [1.29, 1.82) is 0 Å². The summed E-state index contributed by atoms with van der Waals surface area (Å²) < 4.78 is 0. The molecule has 1 unspecified atom stereocenters. The number of hydrogen-bond acceptors (Lipinski definition) is 5. The van der Waals surface area contributed by atoms with Gasteiger partial charge in [0.1, 0.15) is 16.4 Å². The van der Waals surface area contributed by atoms with E-state index >= 15 is 0 Å². The van der Waals surface area contributed by atoms with Gasteiger partial charge in [-0.2, -0.15) is 0 Å². The maximum atomic E-state index is 12.1. The molecule has 0 saturated carbocycles. The highest BCUT2D eigenvalue weighted by molar-refractivity contribution is 8.00. The summed E-state index contributed by atoms with van der Waals surface area (Å²) >= 11 is 3.44. The number of nitrogens with zero attached hydrogens (tertiary/aromatic N) is 4. The Morgan fingerprint density at radius 1 is 1.41 bits per heavy atom. The molecule has 0 spiro atoms. The maximum Gasteiger partial charge on any atom is 0.246 e. The molecule has 1 aliphatic rings. The van der Waals surface area contributed by atoms with Gasteiger partial charge in [0.25, 0.3) is 0 Å². The van der Waals surface area contributed by atoms with Crippen molar-refractivity contribution in [2.24, 2.45) is 4.99 Å². The first kappa shape index (κ1) is 21.8. The summed E-state index contributed by atoms with van der Waals surface area (Å²) in [6.07, 6.45) is 7.41. The zero-order chi connectivity index (χ0) is 20.2. The molecule has 0 N–H and O–H groups in total. The van der Waals surface area contributed by atoms with E-state index in [1.165, 1.54) is 6.08 Å². The maximum absolute atomic E-state index is 12.1. The van der Waals surface area contributed by atoms with Gasteiger partial charge in [-0.15, -0.1) is 23.5 Å². The van der Waals surface area contributed by atoms with E-state index in [1.807, 2.05) is 17.2 Å². The Balaban J connectivity index is 2.41. The number of amidine groups is 1. The third-order valence-electron chi connectivity index (χ3n) is 4.92. The lowest BCUT2D eigenvalue weighted by atomic mass is 10.1. The first-order chi connectivity index (χ1) is 12.8. The van der Waals surface area contributed by atoms with Gasteiger partial charge in [-0.25, -0.2) is 4.99 Å². The van der Waals surface area contributed by atoms with E-state index in [4.69, 9.17) is 4.99 Å². The fraction of sp³-hybridized carbons (Fsp3) is 0.550. The Morgan fingerprint density at radius 3 is 2.67 bits per heavy atom. The second kappa shape index (κ2) is 9.15. The molecule has 1 fully saturated rings. The lowest BCUT2D eigenvalue weighted by Crippen LogP contribution is -2.61. The second-order valence-corrected chi connectivity index (χ2v) is 9.19. The number of thioether (sulfide) groups is 2. The predicted octanol–water partition coefficient (Wildman–Crippen LogP) is 4.39. The number of pyridine rings is 1. The largest absolute Gasteiger partial charge is 0.342 e. The van der Waals surface area contributed by atoms with Gasteiger partial charge in [-0.1, -0.05) is 20.4 Å². The van der Waals surface area contributed by atoms with Gasteiger partial charge >= 0.3 is 0 Å². The van der Waals surface area contributed by atoms with Gasteiger partial charge in [-0.3, -0.25) is 9.78 Å². The van der Waals surface area contributed by atoms with Crippen LogP contribution in [0.15, 0.2) is 34.8 Å². The van der Waals surface area contributed by atoms with Gasteiger partial charge < -0.3 is 9.80 Å². The van der Waals surface area contributed by atoms with Crippen molar-refractivity contribution in [3.8, 4) is 0 Å². The number of carbonyl (C=O) groups is 1. The third kappa shape index (κ3) is 4.69. The summed E-state index contributed by atoms with van der Waals surface area (Å²) in [5.74, 6) is 1.25. The first-order valence-electron chi connectivity index (χ1n) is 9.09. The SMILES string of the molecule is C=CC(=O)N1CCN(C(C)=Nc2c(SC)ccnc2C(C)C)C(C)(SC)C1. The smallest absolute Gasteiger partial charge is 0.246 e. The Morgan fingerprint density at radius 2 is 2.11 bits per heavy atom. The van der Waals surface area contributed by atoms with Crippen LogP contribution in [0.4, 0.5) is 5.69 Å². The highest BCUT2D eigenvalue weighted by Gasteiger charge is 2.39. The average Bonchev–Trinajstić information content (AvgIpc) is 2.66. The number of carbonyl (C=O) groups excluding carboxylic acids is 1. The van der Waals surface area contributed by atoms with Crippen molar-refractivity contribution >= 4 is 41.0 Å². The molecule has 5 nitrogen and oxygen atoms in total. The predicted molar refractivity (Wildman–Crippen MR) is 118 cm³/mol. The molecule has 1 aliphatic heterocycles. The molecular formula is C20H30N4OS2. The minimum Gasteiger partial charge on any atom is -0.342 e. The molecule has 1 aromatic rings. The lowest BCUT2D eigenvalue weighted by molar-refractivity contribution is -0.128. The molecule has 27 heavy (non-hydrogen) atoms. The van der Waals surface area contributed by atoms with Crippen molar-refractivity contribution in [2.75, 3.05) is 32.1 Å². The van der Waals surface area contributed by atoms with E-state index in [-0.39, 0.29) is 10.8 Å². The Bertz CT molecular complexity index is 735. The average molecular weight is 407 g/mol. The Labute approximate surface area is 171 Å². The molecule has 0 aromatic carbocycles. The van der Waals surface area contributed by atoms with E-state index < -0.39 is 0 Å². The van der Waals surface area contributed by atoms with Crippen molar-refractivity contribution in [3.63, 3.8) is 0 Å². The van der Waals surface area contributed by atoms with Crippen LogP contribution >= 0.6 is 23.5 Å². The van der Waals surface area contributed by atoms with Crippen molar-refractivity contribution in [2.45, 2.75) is 43.4 Å². The van der Waals surface area contributed by atoms with E-state index in [1.54, 1.807) is 23.5 Å². The number of aromatic nitrogens is 1. The number of aliphatic imine (C=N–C) groups is 1. The molecule has 0 radical (unpaired) electrons. The fourth-order valence-corrected chi connectivity index (χ4v) is 4.61. The van der Waals surface area contributed by atoms with Gasteiger partial charge in [-0.05, 0) is 44.4 Å². The molecule has 7 heteroatoms. The van der Waals surface area contributed by atoms with E-state index in [0.29, 0.717) is 19.0 Å². The monoisotopic (exact) mass is 406 g/mol. The number of rotatable bonds is 5. The lowest BCUT2D eigenvalue weighted by Gasteiger charge is -2.48. The van der Waals surface area contributed by atoms with E-state index in [9.17, 15) is 4.79 Å². The standard InChI is InChI=1S/C20H30N4OS2/c1-8-17(25)23-11-12-24(20(5,13-23)27-7)15(4)22-19-16(26-6)9-10-21-18(19)14(2)3/h8-10,14H,1,11-13H2,2-7H3. The highest BCUT2D eigenvalue weighted by atomic mass is 32.2. The van der Waals surface area contributed by atoms with Crippen LogP contribution in [0.1, 0.15) is 39.3 Å². The topological polar surface area (TPSA) is 48.8 Å².